The lowest BCUT2D eigenvalue weighted by Crippen LogP contribution is -2.26. The lowest BCUT2D eigenvalue weighted by atomic mass is 10.3. The van der Waals surface area contributed by atoms with Crippen molar-refractivity contribution >= 4 is 35.0 Å². The molecule has 1 aliphatic rings. The second-order valence-electron chi connectivity index (χ2n) is 5.93. The zero-order valence-corrected chi connectivity index (χ0v) is 16.3. The fraction of sp³-hybridized carbons (Fsp3) is 0.529. The molecule has 1 N–H and O–H groups in total. The van der Waals surface area contributed by atoms with Crippen molar-refractivity contribution in [2.24, 2.45) is 0 Å². The minimum absolute atomic E-state index is 0.0677. The van der Waals surface area contributed by atoms with Gasteiger partial charge < -0.3 is 10.1 Å². The van der Waals surface area contributed by atoms with Gasteiger partial charge in [-0.15, -0.1) is 21.5 Å². The molecule has 26 heavy (non-hydrogen) atoms. The summed E-state index contributed by atoms with van der Waals surface area (Å²) in [5.41, 5.74) is 0. The van der Waals surface area contributed by atoms with E-state index in [1.54, 1.807) is 18.3 Å². The van der Waals surface area contributed by atoms with Crippen LogP contribution in [0.5, 0.6) is 0 Å². The third-order valence-electron chi connectivity index (χ3n) is 3.84. The molecule has 0 unspecified atom stereocenters. The van der Waals surface area contributed by atoms with E-state index >= 15 is 0 Å². The molecule has 0 aromatic carbocycles. The van der Waals surface area contributed by atoms with Crippen LogP contribution in [0.4, 0.5) is 0 Å². The van der Waals surface area contributed by atoms with Gasteiger partial charge in [-0.3, -0.25) is 14.2 Å². The number of nitrogens with one attached hydrogen (secondary N) is 1. The van der Waals surface area contributed by atoms with Gasteiger partial charge in [0.25, 0.3) is 0 Å². The number of nitrogens with zero attached hydrogens (tertiary/aromatic N) is 3. The SMILES string of the molecule is CCOC(=O)CCCNC(=O)CSc1nnc(-c2cccs2)n1C1CC1. The van der Waals surface area contributed by atoms with E-state index < -0.39 is 0 Å². The Morgan fingerprint density at radius 3 is 2.96 bits per heavy atom. The summed E-state index contributed by atoms with van der Waals surface area (Å²) in [4.78, 5) is 24.4. The highest BCUT2D eigenvalue weighted by Gasteiger charge is 2.30. The van der Waals surface area contributed by atoms with Gasteiger partial charge in [0.2, 0.25) is 5.91 Å². The van der Waals surface area contributed by atoms with E-state index in [2.05, 4.69) is 20.1 Å². The van der Waals surface area contributed by atoms with Crippen molar-refractivity contribution in [3.05, 3.63) is 17.5 Å². The Balaban J connectivity index is 1.47. The van der Waals surface area contributed by atoms with Crippen molar-refractivity contribution in [1.29, 1.82) is 0 Å². The van der Waals surface area contributed by atoms with Crippen LogP contribution in [-0.4, -0.2) is 45.5 Å². The quantitative estimate of drug-likeness (QED) is 0.379. The summed E-state index contributed by atoms with van der Waals surface area (Å²) in [7, 11) is 0. The predicted octanol–water partition coefficient (Wildman–Crippen LogP) is 2.89. The third-order valence-corrected chi connectivity index (χ3v) is 5.64. The molecular weight excluding hydrogens is 372 g/mol. The Hall–Kier alpha value is -1.87. The van der Waals surface area contributed by atoms with Crippen molar-refractivity contribution in [1.82, 2.24) is 20.1 Å². The Morgan fingerprint density at radius 2 is 2.27 bits per heavy atom. The molecule has 0 bridgehead atoms. The van der Waals surface area contributed by atoms with E-state index in [1.165, 1.54) is 11.8 Å². The van der Waals surface area contributed by atoms with E-state index in [-0.39, 0.29) is 17.6 Å². The molecule has 9 heteroatoms. The predicted molar refractivity (Wildman–Crippen MR) is 101 cm³/mol. The van der Waals surface area contributed by atoms with E-state index in [4.69, 9.17) is 4.74 Å². The lowest BCUT2D eigenvalue weighted by molar-refractivity contribution is -0.143. The average Bonchev–Trinajstić information content (AvgIpc) is 3.15. The molecular formula is C17H22N4O3S2. The first-order chi connectivity index (χ1) is 12.7. The van der Waals surface area contributed by atoms with Crippen molar-refractivity contribution < 1.29 is 14.3 Å². The summed E-state index contributed by atoms with van der Waals surface area (Å²) in [6.07, 6.45) is 3.16. The number of esters is 1. The molecule has 1 aliphatic carbocycles. The summed E-state index contributed by atoms with van der Waals surface area (Å²) in [5.74, 6) is 0.880. The molecule has 3 rings (SSSR count). The molecule has 1 fully saturated rings. The minimum Gasteiger partial charge on any atom is -0.466 e. The van der Waals surface area contributed by atoms with Crippen LogP contribution in [0, 0.1) is 0 Å². The third kappa shape index (κ3) is 5.07. The standard InChI is InChI=1S/C17H22N4O3S2/c1-2-24-15(23)6-3-9-18-14(22)11-26-17-20-19-16(13-5-4-10-25-13)21(17)12-7-8-12/h4-5,10,12H,2-3,6-9,11H2,1H3,(H,18,22). The fourth-order valence-electron chi connectivity index (χ4n) is 2.49. The van der Waals surface area contributed by atoms with Gasteiger partial charge in [-0.25, -0.2) is 0 Å². The number of hydrogen-bond donors (Lipinski definition) is 1. The number of thiophene rings is 1. The molecule has 2 aromatic heterocycles. The monoisotopic (exact) mass is 394 g/mol. The van der Waals surface area contributed by atoms with Gasteiger partial charge in [-0.2, -0.15) is 0 Å². The van der Waals surface area contributed by atoms with E-state index in [1.807, 2.05) is 17.5 Å². The molecule has 0 spiro atoms. The molecule has 2 aromatic rings. The van der Waals surface area contributed by atoms with Gasteiger partial charge in [-0.1, -0.05) is 17.8 Å². The molecule has 2 heterocycles. The number of hydrogen-bond acceptors (Lipinski definition) is 7. The van der Waals surface area contributed by atoms with Crippen LogP contribution in [0.3, 0.4) is 0 Å². The first kappa shape index (κ1) is 18.9. The second kappa shape index (κ2) is 9.18. The van der Waals surface area contributed by atoms with Gasteiger partial charge in [-0.05, 0) is 37.6 Å². The highest BCUT2D eigenvalue weighted by Crippen LogP contribution is 2.41. The summed E-state index contributed by atoms with van der Waals surface area (Å²) in [6.45, 7) is 2.63. The van der Waals surface area contributed by atoms with Gasteiger partial charge in [0.15, 0.2) is 11.0 Å². The second-order valence-corrected chi connectivity index (χ2v) is 7.82. The highest BCUT2D eigenvalue weighted by atomic mass is 32.2. The number of carbonyl (C=O) groups is 2. The van der Waals surface area contributed by atoms with Crippen LogP contribution in [-0.2, 0) is 14.3 Å². The first-order valence-electron chi connectivity index (χ1n) is 8.73. The number of rotatable bonds is 10. The van der Waals surface area contributed by atoms with Crippen LogP contribution in [0.2, 0.25) is 0 Å². The smallest absolute Gasteiger partial charge is 0.305 e. The number of amides is 1. The Kier molecular flexibility index (Phi) is 6.67. The molecule has 1 saturated carbocycles. The Bertz CT molecular complexity index is 741. The normalized spacial score (nSPS) is 13.6. The molecule has 1 amide bonds. The Labute approximate surface area is 160 Å². The van der Waals surface area contributed by atoms with Crippen LogP contribution in [0.15, 0.2) is 22.7 Å². The molecule has 0 atom stereocenters. The fourth-order valence-corrected chi connectivity index (χ4v) is 4.03. The topological polar surface area (TPSA) is 86.1 Å². The largest absolute Gasteiger partial charge is 0.466 e. The maximum atomic E-state index is 12.0. The maximum absolute atomic E-state index is 12.0. The zero-order chi connectivity index (χ0) is 18.4. The van der Waals surface area contributed by atoms with Gasteiger partial charge >= 0.3 is 5.97 Å². The molecule has 0 saturated heterocycles. The van der Waals surface area contributed by atoms with Crippen molar-refractivity contribution in [2.75, 3.05) is 18.9 Å². The van der Waals surface area contributed by atoms with Gasteiger partial charge in [0, 0.05) is 19.0 Å². The highest BCUT2D eigenvalue weighted by molar-refractivity contribution is 7.99. The average molecular weight is 395 g/mol. The number of ether oxygens (including phenoxy) is 1. The lowest BCUT2D eigenvalue weighted by Gasteiger charge is -2.08. The molecule has 7 nitrogen and oxygen atoms in total. The summed E-state index contributed by atoms with van der Waals surface area (Å²) in [6, 6.07) is 4.48. The van der Waals surface area contributed by atoms with Crippen molar-refractivity contribution in [2.45, 2.75) is 43.8 Å². The molecule has 0 radical (unpaired) electrons. The van der Waals surface area contributed by atoms with E-state index in [9.17, 15) is 9.59 Å². The minimum atomic E-state index is -0.227. The number of aromatic nitrogens is 3. The summed E-state index contributed by atoms with van der Waals surface area (Å²) in [5, 5.41) is 14.3. The number of thioether (sulfide) groups is 1. The molecule has 0 aliphatic heterocycles. The zero-order valence-electron chi connectivity index (χ0n) is 14.6. The van der Waals surface area contributed by atoms with E-state index in [0.717, 1.165) is 28.7 Å². The van der Waals surface area contributed by atoms with Gasteiger partial charge in [0.05, 0.1) is 17.2 Å². The van der Waals surface area contributed by atoms with Crippen molar-refractivity contribution in [3.8, 4) is 10.7 Å². The van der Waals surface area contributed by atoms with E-state index in [0.29, 0.717) is 32.0 Å². The molecule has 140 valence electrons. The van der Waals surface area contributed by atoms with Crippen LogP contribution in [0.25, 0.3) is 10.7 Å². The van der Waals surface area contributed by atoms with Crippen LogP contribution < -0.4 is 5.32 Å². The summed E-state index contributed by atoms with van der Waals surface area (Å²) >= 11 is 3.05. The first-order valence-corrected chi connectivity index (χ1v) is 10.6. The Morgan fingerprint density at radius 1 is 1.42 bits per heavy atom. The number of carbonyl (C=O) groups excluding carboxylic acids is 2. The maximum Gasteiger partial charge on any atom is 0.305 e. The summed E-state index contributed by atoms with van der Waals surface area (Å²) < 4.78 is 7.01. The van der Waals surface area contributed by atoms with Gasteiger partial charge in [0.1, 0.15) is 0 Å². The van der Waals surface area contributed by atoms with Crippen molar-refractivity contribution in [3.63, 3.8) is 0 Å². The van der Waals surface area contributed by atoms with Crippen LogP contribution >= 0.6 is 23.1 Å². The van der Waals surface area contributed by atoms with Crippen LogP contribution in [0.1, 0.15) is 38.6 Å².